The first-order valence-electron chi connectivity index (χ1n) is 9.55. The maximum Gasteiger partial charge on any atom is 0.407 e. The van der Waals surface area contributed by atoms with E-state index in [1.165, 1.54) is 5.69 Å². The molecule has 2 aliphatic rings. The van der Waals surface area contributed by atoms with Gasteiger partial charge in [0.05, 0.1) is 19.2 Å². The summed E-state index contributed by atoms with van der Waals surface area (Å²) in [5.74, 6) is 1.02. The Kier molecular flexibility index (Phi) is 6.66. The number of piperazine rings is 1. The first-order chi connectivity index (χ1) is 13.1. The number of nitrogens with one attached hydrogen (secondary N) is 1. The Morgan fingerprint density at radius 2 is 1.96 bits per heavy atom. The average Bonchev–Trinajstić information content (AvgIpc) is 3.51. The first kappa shape index (κ1) is 19.6. The maximum absolute atomic E-state index is 11.7. The normalized spacial score (nSPS) is 19.0. The molecule has 148 valence electrons. The SMILES string of the molecule is CCOC(=O)NC(CN=C(N)N1CCN(c2ccc(Cl)cc2)CC1)C1CC1. The van der Waals surface area contributed by atoms with Crippen LogP contribution in [0.3, 0.4) is 0 Å². The molecular formula is C19H28ClN5O2. The zero-order valence-electron chi connectivity index (χ0n) is 15.7. The summed E-state index contributed by atoms with van der Waals surface area (Å²) < 4.78 is 4.98. The van der Waals surface area contributed by atoms with E-state index in [0.29, 0.717) is 25.0 Å². The highest BCUT2D eigenvalue weighted by Crippen LogP contribution is 2.32. The number of ether oxygens (including phenoxy) is 1. The highest BCUT2D eigenvalue weighted by molar-refractivity contribution is 6.30. The number of hydrogen-bond donors (Lipinski definition) is 2. The molecule has 3 N–H and O–H groups in total. The Bertz CT molecular complexity index is 655. The van der Waals surface area contributed by atoms with E-state index < -0.39 is 0 Å². The van der Waals surface area contributed by atoms with Crippen molar-refractivity contribution >= 4 is 29.3 Å². The van der Waals surface area contributed by atoms with Crippen molar-refractivity contribution in [2.24, 2.45) is 16.6 Å². The van der Waals surface area contributed by atoms with Crippen molar-refractivity contribution in [2.75, 3.05) is 44.2 Å². The smallest absolute Gasteiger partial charge is 0.407 e. The molecule has 1 aromatic carbocycles. The molecule has 1 aromatic rings. The third kappa shape index (κ3) is 5.66. The standard InChI is InChI=1S/C19H28ClN5O2/c1-2-27-19(26)23-17(14-3-4-14)13-22-18(21)25-11-9-24(10-12-25)16-7-5-15(20)6-8-16/h5-8,14,17H,2-4,9-13H2,1H3,(H2,21,22)(H,23,26). The molecular weight excluding hydrogens is 366 g/mol. The van der Waals surface area contributed by atoms with Crippen LogP contribution in [0, 0.1) is 5.92 Å². The molecule has 27 heavy (non-hydrogen) atoms. The van der Waals surface area contributed by atoms with E-state index in [1.807, 2.05) is 24.3 Å². The van der Waals surface area contributed by atoms with Gasteiger partial charge in [0.1, 0.15) is 0 Å². The molecule has 2 fully saturated rings. The summed E-state index contributed by atoms with van der Waals surface area (Å²) in [6.45, 7) is 6.05. The molecule has 1 atom stereocenters. The van der Waals surface area contributed by atoms with Crippen molar-refractivity contribution < 1.29 is 9.53 Å². The summed E-state index contributed by atoms with van der Waals surface area (Å²) in [6.07, 6.45) is 1.86. The van der Waals surface area contributed by atoms with Crippen LogP contribution in [0.1, 0.15) is 19.8 Å². The number of alkyl carbamates (subject to hydrolysis) is 1. The number of amides is 1. The van der Waals surface area contributed by atoms with Crippen LogP contribution in [0.15, 0.2) is 29.3 Å². The predicted octanol–water partition coefficient (Wildman–Crippen LogP) is 2.30. The molecule has 0 bridgehead atoms. The summed E-state index contributed by atoms with van der Waals surface area (Å²) in [6, 6.07) is 7.90. The lowest BCUT2D eigenvalue weighted by Gasteiger charge is -2.36. The number of nitrogens with zero attached hydrogens (tertiary/aromatic N) is 3. The number of rotatable bonds is 6. The zero-order valence-corrected chi connectivity index (χ0v) is 16.5. The Labute approximate surface area is 165 Å². The minimum Gasteiger partial charge on any atom is -0.450 e. The van der Waals surface area contributed by atoms with Gasteiger partial charge >= 0.3 is 6.09 Å². The summed E-state index contributed by atoms with van der Waals surface area (Å²) in [4.78, 5) is 20.6. The molecule has 1 aliphatic carbocycles. The number of guanidine groups is 1. The fraction of sp³-hybridized carbons (Fsp3) is 0.579. The summed E-state index contributed by atoms with van der Waals surface area (Å²) in [7, 11) is 0. The van der Waals surface area contributed by atoms with Crippen molar-refractivity contribution in [1.82, 2.24) is 10.2 Å². The van der Waals surface area contributed by atoms with Crippen LogP contribution in [0.5, 0.6) is 0 Å². The molecule has 0 aromatic heterocycles. The lowest BCUT2D eigenvalue weighted by atomic mass is 10.2. The number of carbonyl (C=O) groups is 1. The Morgan fingerprint density at radius 3 is 2.56 bits per heavy atom. The second-order valence-corrected chi connectivity index (χ2v) is 7.39. The second-order valence-electron chi connectivity index (χ2n) is 6.96. The van der Waals surface area contributed by atoms with Crippen molar-refractivity contribution in [3.05, 3.63) is 29.3 Å². The van der Waals surface area contributed by atoms with Crippen molar-refractivity contribution in [3.8, 4) is 0 Å². The Morgan fingerprint density at radius 1 is 1.30 bits per heavy atom. The van der Waals surface area contributed by atoms with Crippen LogP contribution >= 0.6 is 11.6 Å². The molecule has 3 rings (SSSR count). The Hall–Kier alpha value is -2.15. The zero-order chi connectivity index (χ0) is 19.2. The molecule has 1 amide bonds. The number of aliphatic imine (C=N–C) groups is 1. The molecule has 1 heterocycles. The van der Waals surface area contributed by atoms with E-state index in [2.05, 4.69) is 20.1 Å². The minimum absolute atomic E-state index is 0.00189. The first-order valence-corrected chi connectivity index (χ1v) is 9.93. The molecule has 1 aliphatic heterocycles. The van der Waals surface area contributed by atoms with Gasteiger partial charge in [0, 0.05) is 36.9 Å². The Balaban J connectivity index is 1.49. The van der Waals surface area contributed by atoms with Gasteiger partial charge in [-0.25, -0.2) is 4.79 Å². The molecule has 7 nitrogen and oxygen atoms in total. The van der Waals surface area contributed by atoms with Crippen LogP contribution in [0.4, 0.5) is 10.5 Å². The topological polar surface area (TPSA) is 83.2 Å². The van der Waals surface area contributed by atoms with Gasteiger partial charge in [0.15, 0.2) is 5.96 Å². The van der Waals surface area contributed by atoms with E-state index in [1.54, 1.807) is 6.92 Å². The van der Waals surface area contributed by atoms with Crippen LogP contribution < -0.4 is 16.0 Å². The number of benzene rings is 1. The highest BCUT2D eigenvalue weighted by Gasteiger charge is 2.32. The number of anilines is 1. The summed E-state index contributed by atoms with van der Waals surface area (Å²) in [5.41, 5.74) is 7.38. The van der Waals surface area contributed by atoms with Gasteiger partial charge in [-0.05, 0) is 49.9 Å². The van der Waals surface area contributed by atoms with Crippen LogP contribution in [-0.2, 0) is 4.74 Å². The number of hydrogen-bond acceptors (Lipinski definition) is 4. The molecule has 1 unspecified atom stereocenters. The summed E-state index contributed by atoms with van der Waals surface area (Å²) >= 11 is 5.96. The lowest BCUT2D eigenvalue weighted by Crippen LogP contribution is -2.51. The number of halogens is 1. The van der Waals surface area contributed by atoms with Crippen molar-refractivity contribution in [2.45, 2.75) is 25.8 Å². The van der Waals surface area contributed by atoms with Gasteiger partial charge in [-0.15, -0.1) is 0 Å². The largest absolute Gasteiger partial charge is 0.450 e. The quantitative estimate of drug-likeness (QED) is 0.572. The lowest BCUT2D eigenvalue weighted by molar-refractivity contribution is 0.147. The predicted molar refractivity (Wildman–Crippen MR) is 108 cm³/mol. The van der Waals surface area contributed by atoms with E-state index in [9.17, 15) is 4.79 Å². The van der Waals surface area contributed by atoms with Gasteiger partial charge in [0.2, 0.25) is 0 Å². The van der Waals surface area contributed by atoms with E-state index in [-0.39, 0.29) is 12.1 Å². The van der Waals surface area contributed by atoms with Crippen LogP contribution in [-0.4, -0.2) is 62.3 Å². The van der Waals surface area contributed by atoms with E-state index >= 15 is 0 Å². The van der Waals surface area contributed by atoms with Crippen molar-refractivity contribution in [3.63, 3.8) is 0 Å². The minimum atomic E-state index is -0.375. The number of carbonyl (C=O) groups excluding carboxylic acids is 1. The fourth-order valence-electron chi connectivity index (χ4n) is 3.27. The monoisotopic (exact) mass is 393 g/mol. The van der Waals surface area contributed by atoms with Gasteiger partial charge < -0.3 is 25.6 Å². The third-order valence-electron chi connectivity index (χ3n) is 5.02. The van der Waals surface area contributed by atoms with Crippen molar-refractivity contribution in [1.29, 1.82) is 0 Å². The van der Waals surface area contributed by atoms with Gasteiger partial charge in [-0.2, -0.15) is 0 Å². The molecule has 1 saturated carbocycles. The van der Waals surface area contributed by atoms with Crippen LogP contribution in [0.2, 0.25) is 5.02 Å². The van der Waals surface area contributed by atoms with E-state index in [4.69, 9.17) is 22.1 Å². The van der Waals surface area contributed by atoms with Crippen LogP contribution in [0.25, 0.3) is 0 Å². The third-order valence-corrected chi connectivity index (χ3v) is 5.27. The second kappa shape index (κ2) is 9.17. The average molecular weight is 394 g/mol. The van der Waals surface area contributed by atoms with Gasteiger partial charge in [0.25, 0.3) is 0 Å². The molecule has 0 spiro atoms. The fourth-order valence-corrected chi connectivity index (χ4v) is 3.40. The molecule has 8 heteroatoms. The molecule has 0 radical (unpaired) electrons. The van der Waals surface area contributed by atoms with Gasteiger partial charge in [-0.1, -0.05) is 11.6 Å². The van der Waals surface area contributed by atoms with E-state index in [0.717, 1.165) is 44.0 Å². The maximum atomic E-state index is 11.7. The number of nitrogens with two attached hydrogens (primary N) is 1. The summed E-state index contributed by atoms with van der Waals surface area (Å²) in [5, 5.41) is 3.66. The van der Waals surface area contributed by atoms with Gasteiger partial charge in [-0.3, -0.25) is 4.99 Å². The molecule has 1 saturated heterocycles. The highest BCUT2D eigenvalue weighted by atomic mass is 35.5.